The van der Waals surface area contributed by atoms with E-state index < -0.39 is 127 Å². The van der Waals surface area contributed by atoms with E-state index >= 15 is 0 Å². The van der Waals surface area contributed by atoms with Crippen molar-refractivity contribution in [1.29, 1.82) is 0 Å². The van der Waals surface area contributed by atoms with E-state index in [0.29, 0.717) is 0 Å². The summed E-state index contributed by atoms with van der Waals surface area (Å²) in [6.07, 6.45) is -19.2. The summed E-state index contributed by atoms with van der Waals surface area (Å²) in [7, 11) is -2.30. The Bertz CT molecular complexity index is 1110. The summed E-state index contributed by atoms with van der Waals surface area (Å²) < 4.78 is 93.0. The Labute approximate surface area is 275 Å². The standard InChI is InChI=1S/C29H52O17S/c1-10-13(4)39-26(38-9)20(33)21(10)43-29-25(46-47(34,35)36)23(12(3)15(6)41-29)44-28-24(22(37-8)11(2)14(5)40-28)45-27-19(32)18(31)17(30)16(7)42-27/h10-33H,1-9H3,(H,34,35,36)/t10-,11-,12-,13?,14?,15?,16?,17-,18?,19?,20?,21+,22+,23+,24?,25?,26-,27+,28+,29+/m1/s1. The molecule has 4 aliphatic heterocycles. The van der Waals surface area contributed by atoms with Crippen LogP contribution < -0.4 is 0 Å². The highest BCUT2D eigenvalue weighted by atomic mass is 32.3. The topological polar surface area (TPSA) is 228 Å². The van der Waals surface area contributed by atoms with Crippen molar-refractivity contribution in [2.75, 3.05) is 14.2 Å². The average molecular weight is 705 g/mol. The van der Waals surface area contributed by atoms with Crippen molar-refractivity contribution in [3.63, 3.8) is 0 Å². The van der Waals surface area contributed by atoms with Gasteiger partial charge in [-0.1, -0.05) is 20.8 Å². The van der Waals surface area contributed by atoms with Crippen LogP contribution in [0.15, 0.2) is 0 Å². The predicted octanol–water partition coefficient (Wildman–Crippen LogP) is -0.677. The van der Waals surface area contributed by atoms with Crippen molar-refractivity contribution in [3.05, 3.63) is 0 Å². The first-order chi connectivity index (χ1) is 21.9. The van der Waals surface area contributed by atoms with Crippen LogP contribution in [0.1, 0.15) is 48.5 Å². The van der Waals surface area contributed by atoms with Crippen LogP contribution in [0.3, 0.4) is 0 Å². The first-order valence-electron chi connectivity index (χ1n) is 15.9. The zero-order chi connectivity index (χ0) is 35.1. The molecule has 0 aliphatic carbocycles. The Hall–Kier alpha value is -0.650. The minimum absolute atomic E-state index is 0.280. The normalized spacial score (nSPS) is 51.5. The number of ether oxygens (including phenoxy) is 9. The van der Waals surface area contributed by atoms with Gasteiger partial charge in [0.1, 0.15) is 30.5 Å². The second kappa shape index (κ2) is 15.7. The van der Waals surface area contributed by atoms with Crippen LogP contribution in [0.25, 0.3) is 0 Å². The smallest absolute Gasteiger partial charge is 0.388 e. The number of hydrogen-bond donors (Lipinski definition) is 5. The molecular weight excluding hydrogens is 652 g/mol. The van der Waals surface area contributed by atoms with E-state index in [2.05, 4.69) is 0 Å². The monoisotopic (exact) mass is 704 g/mol. The number of methoxy groups -OCH3 is 2. The Morgan fingerprint density at radius 2 is 0.915 bits per heavy atom. The number of aliphatic hydroxyl groups is 4. The third-order valence-electron chi connectivity index (χ3n) is 10.0. The third kappa shape index (κ3) is 8.46. The molecule has 4 fully saturated rings. The van der Waals surface area contributed by atoms with Crippen LogP contribution in [-0.2, 0) is 57.2 Å². The fourth-order valence-corrected chi connectivity index (χ4v) is 7.04. The van der Waals surface area contributed by atoms with Crippen molar-refractivity contribution >= 4 is 10.4 Å². The summed E-state index contributed by atoms with van der Waals surface area (Å²) >= 11 is 0. The van der Waals surface area contributed by atoms with Gasteiger partial charge in [-0.25, -0.2) is 4.18 Å². The number of aliphatic hydroxyl groups excluding tert-OH is 4. The first-order valence-corrected chi connectivity index (χ1v) is 17.3. The molecule has 0 saturated carbocycles. The van der Waals surface area contributed by atoms with Gasteiger partial charge in [-0.15, -0.1) is 0 Å². The van der Waals surface area contributed by atoms with Gasteiger partial charge in [0.25, 0.3) is 0 Å². The Morgan fingerprint density at radius 3 is 1.45 bits per heavy atom. The quantitative estimate of drug-likeness (QED) is 0.178. The Morgan fingerprint density at radius 1 is 0.468 bits per heavy atom. The predicted molar refractivity (Wildman–Crippen MR) is 158 cm³/mol. The lowest BCUT2D eigenvalue weighted by molar-refractivity contribution is -0.382. The molecule has 17 nitrogen and oxygen atoms in total. The van der Waals surface area contributed by atoms with Crippen LogP contribution in [-0.4, -0.2) is 152 Å². The molecule has 20 atom stereocenters. The fraction of sp³-hybridized carbons (Fsp3) is 1.00. The van der Waals surface area contributed by atoms with E-state index in [9.17, 15) is 33.4 Å². The van der Waals surface area contributed by atoms with Gasteiger partial charge in [-0.3, -0.25) is 4.55 Å². The maximum absolute atomic E-state index is 12.2. The molecule has 5 N–H and O–H groups in total. The molecule has 4 rings (SSSR count). The van der Waals surface area contributed by atoms with Crippen LogP contribution in [0, 0.1) is 17.8 Å². The van der Waals surface area contributed by atoms with Crippen molar-refractivity contribution in [1.82, 2.24) is 0 Å². The van der Waals surface area contributed by atoms with Gasteiger partial charge >= 0.3 is 10.4 Å². The van der Waals surface area contributed by atoms with Gasteiger partial charge in [0, 0.05) is 32.0 Å². The van der Waals surface area contributed by atoms with Gasteiger partial charge in [-0.2, -0.15) is 8.42 Å². The highest BCUT2D eigenvalue weighted by Gasteiger charge is 2.55. The molecule has 4 saturated heterocycles. The van der Waals surface area contributed by atoms with Crippen molar-refractivity contribution in [3.8, 4) is 0 Å². The van der Waals surface area contributed by atoms with Gasteiger partial charge < -0.3 is 63.1 Å². The maximum atomic E-state index is 12.2. The lowest BCUT2D eigenvalue weighted by Gasteiger charge is -2.50. The van der Waals surface area contributed by atoms with E-state index in [4.69, 9.17) is 46.8 Å². The molecule has 4 heterocycles. The maximum Gasteiger partial charge on any atom is 0.397 e. The lowest BCUT2D eigenvalue weighted by atomic mass is 9.88. The van der Waals surface area contributed by atoms with Gasteiger partial charge in [0.15, 0.2) is 31.3 Å². The highest BCUT2D eigenvalue weighted by molar-refractivity contribution is 7.80. The molecule has 0 aromatic rings. The molecule has 0 amide bonds. The molecule has 4 aliphatic rings. The third-order valence-corrected chi connectivity index (χ3v) is 10.5. The molecule has 0 spiro atoms. The van der Waals surface area contributed by atoms with E-state index in [0.717, 1.165) is 0 Å². The molecule has 276 valence electrons. The number of rotatable bonds is 10. The van der Waals surface area contributed by atoms with Gasteiger partial charge in [0.2, 0.25) is 0 Å². The Balaban J connectivity index is 1.67. The van der Waals surface area contributed by atoms with Crippen LogP contribution in [0.5, 0.6) is 0 Å². The van der Waals surface area contributed by atoms with E-state index in [-0.39, 0.29) is 5.92 Å². The zero-order valence-corrected chi connectivity index (χ0v) is 28.9. The molecule has 0 aromatic heterocycles. The van der Waals surface area contributed by atoms with Crippen LogP contribution >= 0.6 is 0 Å². The summed E-state index contributed by atoms with van der Waals surface area (Å²) in [4.78, 5) is 0. The second-order valence-corrected chi connectivity index (χ2v) is 14.2. The van der Waals surface area contributed by atoms with Crippen molar-refractivity contribution in [2.24, 2.45) is 17.8 Å². The number of hydrogen-bond acceptors (Lipinski definition) is 16. The minimum Gasteiger partial charge on any atom is -0.388 e. The van der Waals surface area contributed by atoms with Gasteiger partial charge in [-0.05, 0) is 27.7 Å². The molecule has 9 unspecified atom stereocenters. The summed E-state index contributed by atoms with van der Waals surface area (Å²) in [6, 6.07) is 0. The largest absolute Gasteiger partial charge is 0.397 e. The van der Waals surface area contributed by atoms with E-state index in [1.807, 2.05) is 6.92 Å². The van der Waals surface area contributed by atoms with Crippen molar-refractivity contribution in [2.45, 2.75) is 153 Å². The summed E-state index contributed by atoms with van der Waals surface area (Å²) in [6.45, 7) is 12.1. The van der Waals surface area contributed by atoms with E-state index in [1.165, 1.54) is 21.1 Å². The highest BCUT2D eigenvalue weighted by Crippen LogP contribution is 2.39. The Kier molecular flexibility index (Phi) is 13.1. The fourth-order valence-electron chi connectivity index (χ4n) is 6.56. The average Bonchev–Trinajstić information content (AvgIpc) is 3.00. The van der Waals surface area contributed by atoms with Crippen molar-refractivity contribution < 1.29 is 80.2 Å². The van der Waals surface area contributed by atoms with E-state index in [1.54, 1.807) is 34.6 Å². The molecule has 0 aromatic carbocycles. The molecule has 47 heavy (non-hydrogen) atoms. The summed E-state index contributed by atoms with van der Waals surface area (Å²) in [5.74, 6) is -1.29. The lowest BCUT2D eigenvalue weighted by Crippen LogP contribution is -2.64. The van der Waals surface area contributed by atoms with Gasteiger partial charge in [0.05, 0.1) is 42.7 Å². The van der Waals surface area contributed by atoms with Crippen LogP contribution in [0.2, 0.25) is 0 Å². The van der Waals surface area contributed by atoms with Crippen LogP contribution in [0.4, 0.5) is 0 Å². The SMILES string of the molecule is CO[C@@H]1OC(C)[C@@H](C)[C@H](O[C@@H]2OC(C)[C@@H](C)[C@H](O[C@@H]3OC(C)[C@@H](C)[C@H](OC)C3O[C@@H]3OC(C)[C@@H](O)C(O)C3O)C2OS(=O)(=O)O)C1O. The molecule has 18 heteroatoms. The zero-order valence-electron chi connectivity index (χ0n) is 28.1. The first kappa shape index (κ1) is 39.1. The molecule has 0 radical (unpaired) electrons. The summed E-state index contributed by atoms with van der Waals surface area (Å²) in [5, 5.41) is 42.3. The summed E-state index contributed by atoms with van der Waals surface area (Å²) in [5.41, 5.74) is 0. The molecular formula is C29H52O17S. The molecule has 0 bridgehead atoms. The second-order valence-electron chi connectivity index (χ2n) is 13.1. The minimum atomic E-state index is -5.11.